The number of nitrogens with one attached hydrogen (secondary N) is 3. The molecule has 2 fully saturated rings. The number of anilines is 1. The van der Waals surface area contributed by atoms with E-state index in [0.717, 1.165) is 25.0 Å². The molecule has 0 bridgehead atoms. The van der Waals surface area contributed by atoms with E-state index in [1.54, 1.807) is 24.5 Å². The smallest absolute Gasteiger partial charge is 0.279 e. The molecule has 7 nitrogen and oxygen atoms in total. The lowest BCUT2D eigenvalue weighted by Gasteiger charge is -2.24. The van der Waals surface area contributed by atoms with Gasteiger partial charge in [0.25, 0.3) is 6.43 Å². The van der Waals surface area contributed by atoms with Gasteiger partial charge >= 0.3 is 0 Å². The Hall–Kier alpha value is -2.33. The second kappa shape index (κ2) is 8.81. The summed E-state index contributed by atoms with van der Waals surface area (Å²) in [4.78, 5) is 18.4. The van der Waals surface area contributed by atoms with Crippen LogP contribution in [0.5, 0.6) is 0 Å². The van der Waals surface area contributed by atoms with Gasteiger partial charge in [-0.25, -0.2) is 23.7 Å². The molecule has 0 radical (unpaired) electrons. The topological polar surface area (TPSA) is 93.6 Å². The van der Waals surface area contributed by atoms with Crippen molar-refractivity contribution >= 4 is 29.6 Å². The Morgan fingerprint density at radius 1 is 1.40 bits per heavy atom. The van der Waals surface area contributed by atoms with E-state index in [0.29, 0.717) is 28.7 Å². The molecule has 160 valence electrons. The molecule has 1 spiro atoms. The van der Waals surface area contributed by atoms with Gasteiger partial charge in [0.1, 0.15) is 18.0 Å². The number of hydrogen-bond donors (Lipinski definition) is 3. The van der Waals surface area contributed by atoms with Crippen LogP contribution in [0.3, 0.4) is 0 Å². The van der Waals surface area contributed by atoms with Crippen LogP contribution in [0.1, 0.15) is 31.5 Å². The second-order valence-electron chi connectivity index (χ2n) is 7.97. The number of allylic oxidation sites excluding steroid dienone is 1. The average molecular weight is 434 g/mol. The summed E-state index contributed by atoms with van der Waals surface area (Å²) in [7, 11) is 0. The molecule has 10 heteroatoms. The first-order valence-electron chi connectivity index (χ1n) is 9.94. The monoisotopic (exact) mass is 433 g/mol. The Morgan fingerprint density at radius 3 is 3.07 bits per heavy atom. The predicted octanol–water partition coefficient (Wildman–Crippen LogP) is 3.78. The molecule has 1 aliphatic carbocycles. The van der Waals surface area contributed by atoms with Crippen molar-refractivity contribution in [1.29, 1.82) is 5.41 Å². The largest absolute Gasteiger partial charge is 0.356 e. The summed E-state index contributed by atoms with van der Waals surface area (Å²) in [6.07, 6.45) is 9.68. The molecule has 2 atom stereocenters. The minimum Gasteiger partial charge on any atom is -0.356 e. The molecule has 0 aromatic carbocycles. The van der Waals surface area contributed by atoms with E-state index in [9.17, 15) is 8.78 Å². The maximum atomic E-state index is 12.4. The molecule has 1 aliphatic heterocycles. The standard InChI is InChI=1S/C20H25F2N7S/c1-30-28-13-4-5-20(9-13)6-7-29(11-20)18-8-15(25-12-26-18)16-10-24-17(27-16)3-2-14(23)19(21)22/h2-3,8,10,12-13,19,23,28H,4-7,9,11H2,1H3,(H,24,27)/b3-2-,23-14?. The van der Waals surface area contributed by atoms with Gasteiger partial charge in [-0.05, 0) is 49.5 Å². The number of nitrogens with zero attached hydrogens (tertiary/aromatic N) is 4. The molecular formula is C20H25F2N7S. The van der Waals surface area contributed by atoms with Crippen LogP contribution >= 0.6 is 11.9 Å². The highest BCUT2D eigenvalue weighted by atomic mass is 32.2. The van der Waals surface area contributed by atoms with Crippen LogP contribution in [0.2, 0.25) is 0 Å². The van der Waals surface area contributed by atoms with Crippen molar-refractivity contribution in [3.8, 4) is 11.4 Å². The Morgan fingerprint density at radius 2 is 2.27 bits per heavy atom. The lowest BCUT2D eigenvalue weighted by molar-refractivity contribution is 0.226. The number of aromatic amines is 1. The average Bonchev–Trinajstić information content (AvgIpc) is 3.47. The molecule has 30 heavy (non-hydrogen) atoms. The minimum absolute atomic E-state index is 0.361. The summed E-state index contributed by atoms with van der Waals surface area (Å²) in [5, 5.41) is 7.18. The van der Waals surface area contributed by atoms with E-state index in [2.05, 4.69) is 35.8 Å². The van der Waals surface area contributed by atoms with Crippen molar-refractivity contribution in [2.45, 2.75) is 38.2 Å². The maximum absolute atomic E-state index is 12.4. The fourth-order valence-corrected chi connectivity index (χ4v) is 4.97. The highest BCUT2D eigenvalue weighted by Gasteiger charge is 2.44. The summed E-state index contributed by atoms with van der Waals surface area (Å²) in [6, 6.07) is 2.53. The number of H-pyrrole nitrogens is 1. The number of halogens is 2. The van der Waals surface area contributed by atoms with Crippen molar-refractivity contribution in [3.05, 3.63) is 30.5 Å². The molecule has 2 aromatic heterocycles. The molecule has 1 saturated heterocycles. The van der Waals surface area contributed by atoms with Gasteiger partial charge < -0.3 is 9.88 Å². The van der Waals surface area contributed by atoms with E-state index in [1.165, 1.54) is 31.8 Å². The lowest BCUT2D eigenvalue weighted by Crippen LogP contribution is -2.28. The SMILES string of the molecule is CSNC1CCC2(CCN(c3cc(-c4cnc(/C=C\C(=N)C(F)F)[nH]4)ncn3)C2)C1. The van der Waals surface area contributed by atoms with E-state index >= 15 is 0 Å². The Labute approximate surface area is 178 Å². The highest BCUT2D eigenvalue weighted by Crippen LogP contribution is 2.46. The minimum atomic E-state index is -2.80. The number of imidazole rings is 1. The van der Waals surface area contributed by atoms with Gasteiger partial charge in [-0.2, -0.15) is 0 Å². The van der Waals surface area contributed by atoms with Gasteiger partial charge in [0.15, 0.2) is 0 Å². The summed E-state index contributed by atoms with van der Waals surface area (Å²) in [5.74, 6) is 1.29. The molecule has 1 saturated carbocycles. The van der Waals surface area contributed by atoms with E-state index in [-0.39, 0.29) is 0 Å². The van der Waals surface area contributed by atoms with Crippen LogP contribution in [0.25, 0.3) is 17.5 Å². The second-order valence-corrected chi connectivity index (χ2v) is 8.61. The van der Waals surface area contributed by atoms with Gasteiger partial charge in [0.05, 0.1) is 23.3 Å². The molecule has 0 amide bonds. The van der Waals surface area contributed by atoms with Crippen LogP contribution in [-0.2, 0) is 0 Å². The molecule has 4 rings (SSSR count). The normalized spacial score (nSPS) is 24.0. The Balaban J connectivity index is 1.45. The molecule has 3 heterocycles. The molecular weight excluding hydrogens is 408 g/mol. The molecule has 3 N–H and O–H groups in total. The first kappa shape index (κ1) is 20.9. The van der Waals surface area contributed by atoms with Crippen molar-refractivity contribution in [1.82, 2.24) is 24.7 Å². The summed E-state index contributed by atoms with van der Waals surface area (Å²) in [6.45, 7) is 1.98. The Bertz CT molecular complexity index is 931. The zero-order valence-corrected chi connectivity index (χ0v) is 17.6. The third-order valence-electron chi connectivity index (χ3n) is 5.93. The van der Waals surface area contributed by atoms with Crippen molar-refractivity contribution < 1.29 is 8.78 Å². The van der Waals surface area contributed by atoms with Crippen LogP contribution in [0.15, 0.2) is 24.7 Å². The molecule has 2 aliphatic rings. The number of aromatic nitrogens is 4. The quantitative estimate of drug-likeness (QED) is 0.455. The first-order chi connectivity index (χ1) is 14.5. The molecule has 2 aromatic rings. The van der Waals surface area contributed by atoms with Crippen molar-refractivity contribution in [3.63, 3.8) is 0 Å². The fourth-order valence-electron chi connectivity index (χ4n) is 4.44. The van der Waals surface area contributed by atoms with Crippen LogP contribution < -0.4 is 9.62 Å². The first-order valence-corrected chi connectivity index (χ1v) is 11.2. The predicted molar refractivity (Wildman–Crippen MR) is 116 cm³/mol. The third-order valence-corrected chi connectivity index (χ3v) is 6.50. The van der Waals surface area contributed by atoms with E-state index in [4.69, 9.17) is 5.41 Å². The zero-order valence-electron chi connectivity index (χ0n) is 16.7. The highest BCUT2D eigenvalue weighted by molar-refractivity contribution is 7.96. The number of hydrogen-bond acceptors (Lipinski definition) is 7. The van der Waals surface area contributed by atoms with Gasteiger partial charge in [0, 0.05) is 25.2 Å². The van der Waals surface area contributed by atoms with E-state index < -0.39 is 12.1 Å². The van der Waals surface area contributed by atoms with Crippen LogP contribution in [0.4, 0.5) is 14.6 Å². The van der Waals surface area contributed by atoms with Crippen LogP contribution in [0, 0.1) is 10.8 Å². The molecule has 2 unspecified atom stereocenters. The Kier molecular flexibility index (Phi) is 6.14. The number of rotatable bonds is 7. The zero-order chi connectivity index (χ0) is 21.1. The van der Waals surface area contributed by atoms with Crippen molar-refractivity contribution in [2.24, 2.45) is 5.41 Å². The lowest BCUT2D eigenvalue weighted by atomic mass is 9.85. The number of alkyl halides is 2. The van der Waals surface area contributed by atoms with E-state index in [1.807, 2.05) is 6.07 Å². The van der Waals surface area contributed by atoms with Gasteiger partial charge in [0.2, 0.25) is 0 Å². The van der Waals surface area contributed by atoms with Gasteiger partial charge in [-0.15, -0.1) is 0 Å². The van der Waals surface area contributed by atoms with Crippen LogP contribution in [-0.4, -0.2) is 57.5 Å². The summed E-state index contributed by atoms with van der Waals surface area (Å²) >= 11 is 1.70. The summed E-state index contributed by atoms with van der Waals surface area (Å²) in [5.41, 5.74) is 0.994. The maximum Gasteiger partial charge on any atom is 0.279 e. The summed E-state index contributed by atoms with van der Waals surface area (Å²) < 4.78 is 28.4. The van der Waals surface area contributed by atoms with Crippen molar-refractivity contribution in [2.75, 3.05) is 24.2 Å². The van der Waals surface area contributed by atoms with Gasteiger partial charge in [-0.3, -0.25) is 10.1 Å². The third kappa shape index (κ3) is 4.54. The fraction of sp³-hybridized carbons (Fsp3) is 0.500. The van der Waals surface area contributed by atoms with Gasteiger partial charge in [-0.1, -0.05) is 11.9 Å².